The first-order valence-electron chi connectivity index (χ1n) is 8.15. The number of carbonyl (C=O) groups is 1. The van der Waals surface area contributed by atoms with Gasteiger partial charge in [-0.25, -0.2) is 4.98 Å². The molecule has 1 atom stereocenters. The molecule has 4 N–H and O–H groups in total. The predicted molar refractivity (Wildman–Crippen MR) is 98.2 cm³/mol. The molecule has 0 fully saturated rings. The molecule has 25 heavy (non-hydrogen) atoms. The van der Waals surface area contributed by atoms with Crippen molar-refractivity contribution in [1.82, 2.24) is 9.97 Å². The maximum absolute atomic E-state index is 12.7. The van der Waals surface area contributed by atoms with Gasteiger partial charge in [0.05, 0.1) is 7.11 Å². The normalized spacial score (nSPS) is 19.1. The molecule has 0 spiro atoms. The molecule has 6 nitrogen and oxygen atoms in total. The predicted octanol–water partition coefficient (Wildman–Crippen LogP) is 3.29. The van der Waals surface area contributed by atoms with E-state index in [0.29, 0.717) is 22.8 Å². The number of aromatic nitrogens is 2. The number of ketones is 1. The Morgan fingerprint density at radius 1 is 1.28 bits per heavy atom. The topological polar surface area (TPSA) is 93.0 Å². The van der Waals surface area contributed by atoms with Crippen LogP contribution >= 0.6 is 12.2 Å². The van der Waals surface area contributed by atoms with E-state index in [2.05, 4.69) is 15.3 Å². The summed E-state index contributed by atoms with van der Waals surface area (Å²) in [4.78, 5) is 20.0. The summed E-state index contributed by atoms with van der Waals surface area (Å²) in [7, 11) is 1.63. The fraction of sp³-hybridized carbons (Fsp3) is 0.278. The molecule has 2 aliphatic rings. The van der Waals surface area contributed by atoms with Gasteiger partial charge in [-0.05, 0) is 42.8 Å². The van der Waals surface area contributed by atoms with Crippen molar-refractivity contribution in [2.45, 2.75) is 25.2 Å². The van der Waals surface area contributed by atoms with Gasteiger partial charge in [0.25, 0.3) is 0 Å². The summed E-state index contributed by atoms with van der Waals surface area (Å²) >= 11 is 5.16. The molecule has 7 heteroatoms. The van der Waals surface area contributed by atoms with Crippen LogP contribution in [0.5, 0.6) is 5.75 Å². The van der Waals surface area contributed by atoms with Crippen molar-refractivity contribution < 1.29 is 9.53 Å². The van der Waals surface area contributed by atoms with E-state index in [-0.39, 0.29) is 11.7 Å². The van der Waals surface area contributed by atoms with Gasteiger partial charge < -0.3 is 20.8 Å². The Bertz CT molecular complexity index is 947. The van der Waals surface area contributed by atoms with E-state index < -0.39 is 0 Å². The maximum Gasteiger partial charge on any atom is 0.200 e. The minimum Gasteiger partial charge on any atom is -0.497 e. The third kappa shape index (κ3) is 2.60. The van der Waals surface area contributed by atoms with E-state index >= 15 is 0 Å². The first-order chi connectivity index (χ1) is 12.1. The minimum atomic E-state index is -0.260. The van der Waals surface area contributed by atoms with Crippen LogP contribution in [0.4, 0.5) is 11.6 Å². The highest BCUT2D eigenvalue weighted by molar-refractivity contribution is 7.71. The van der Waals surface area contributed by atoms with Gasteiger partial charge >= 0.3 is 0 Å². The van der Waals surface area contributed by atoms with Crippen LogP contribution in [0.2, 0.25) is 0 Å². The molecule has 2 aromatic rings. The van der Waals surface area contributed by atoms with Gasteiger partial charge in [-0.1, -0.05) is 12.1 Å². The number of nitrogens with two attached hydrogens (primary N) is 1. The summed E-state index contributed by atoms with van der Waals surface area (Å²) in [6, 6.07) is 7.71. The number of aromatic amines is 1. The molecule has 0 radical (unpaired) electrons. The monoisotopic (exact) mass is 354 g/mol. The lowest BCUT2D eigenvalue weighted by atomic mass is 9.76. The summed E-state index contributed by atoms with van der Waals surface area (Å²) in [6.45, 7) is 0. The maximum atomic E-state index is 12.7. The Morgan fingerprint density at radius 3 is 2.76 bits per heavy atom. The molecular formula is C18H18N4O2S. The van der Waals surface area contributed by atoms with Gasteiger partial charge in [0.15, 0.2) is 10.6 Å². The lowest BCUT2D eigenvalue weighted by Crippen LogP contribution is -2.28. The molecule has 1 aromatic carbocycles. The number of nitrogens with one attached hydrogen (secondary N) is 2. The van der Waals surface area contributed by atoms with Crippen LogP contribution in [-0.2, 0) is 4.79 Å². The van der Waals surface area contributed by atoms with Crippen molar-refractivity contribution in [3.8, 4) is 5.75 Å². The highest BCUT2D eigenvalue weighted by Crippen LogP contribution is 2.46. The highest BCUT2D eigenvalue weighted by atomic mass is 32.1. The molecule has 1 aliphatic carbocycles. The Kier molecular flexibility index (Phi) is 3.80. The lowest BCUT2D eigenvalue weighted by Gasteiger charge is -2.33. The number of nitrogens with zero attached hydrogens (tertiary/aromatic N) is 1. The first-order valence-corrected chi connectivity index (χ1v) is 8.56. The van der Waals surface area contributed by atoms with E-state index in [9.17, 15) is 4.79 Å². The van der Waals surface area contributed by atoms with E-state index in [0.717, 1.165) is 41.0 Å². The summed E-state index contributed by atoms with van der Waals surface area (Å²) in [5.41, 5.74) is 9.69. The van der Waals surface area contributed by atoms with Crippen LogP contribution in [0.1, 0.15) is 36.3 Å². The third-order valence-corrected chi connectivity index (χ3v) is 4.95. The zero-order valence-corrected chi connectivity index (χ0v) is 14.6. The minimum absolute atomic E-state index is 0.155. The molecule has 0 bridgehead atoms. The molecule has 0 saturated heterocycles. The number of hydrogen-bond acceptors (Lipinski definition) is 6. The van der Waals surface area contributed by atoms with Gasteiger partial charge in [-0.3, -0.25) is 4.79 Å². The number of nitrogen functional groups attached to an aromatic ring is 1. The molecule has 1 aromatic heterocycles. The Morgan fingerprint density at radius 2 is 2.04 bits per heavy atom. The Hall–Kier alpha value is -2.67. The van der Waals surface area contributed by atoms with Crippen LogP contribution in [0.3, 0.4) is 0 Å². The van der Waals surface area contributed by atoms with Crippen LogP contribution < -0.4 is 15.8 Å². The second-order valence-electron chi connectivity index (χ2n) is 6.22. The van der Waals surface area contributed by atoms with E-state index in [1.54, 1.807) is 7.11 Å². The molecule has 0 saturated carbocycles. The second-order valence-corrected chi connectivity index (χ2v) is 6.60. The molecular weight excluding hydrogens is 336 g/mol. The number of ether oxygens (including phenoxy) is 1. The number of rotatable bonds is 2. The average Bonchev–Trinajstić information content (AvgIpc) is 2.60. The number of H-pyrrole nitrogens is 1. The molecule has 0 amide bonds. The molecule has 2 heterocycles. The highest BCUT2D eigenvalue weighted by Gasteiger charge is 2.37. The lowest BCUT2D eigenvalue weighted by molar-refractivity contribution is -0.116. The number of allylic oxidation sites excluding steroid dienone is 2. The zero-order chi connectivity index (χ0) is 17.6. The van der Waals surface area contributed by atoms with Crippen molar-refractivity contribution in [3.63, 3.8) is 0 Å². The fourth-order valence-corrected chi connectivity index (χ4v) is 3.83. The molecule has 128 valence electrons. The van der Waals surface area contributed by atoms with Gasteiger partial charge in [0.2, 0.25) is 0 Å². The number of benzene rings is 1. The fourth-order valence-electron chi connectivity index (χ4n) is 3.63. The number of fused-ring (bicyclic) bond motifs is 1. The van der Waals surface area contributed by atoms with Crippen molar-refractivity contribution in [2.75, 3.05) is 18.2 Å². The van der Waals surface area contributed by atoms with Crippen LogP contribution in [0.15, 0.2) is 35.5 Å². The van der Waals surface area contributed by atoms with E-state index in [1.165, 1.54) is 0 Å². The van der Waals surface area contributed by atoms with Crippen LogP contribution in [-0.4, -0.2) is 22.9 Å². The third-order valence-electron chi connectivity index (χ3n) is 4.75. The Labute approximate surface area is 150 Å². The van der Waals surface area contributed by atoms with Gasteiger partial charge in [0.1, 0.15) is 17.4 Å². The molecule has 0 unspecified atom stereocenters. The SMILES string of the molecule is COc1ccc([C@@H]2C3=C(CCCC3=O)Nc3nc(=S)[nH]c(N)c32)cc1. The number of methoxy groups -OCH3 is 1. The Balaban J connectivity index is 1.95. The van der Waals surface area contributed by atoms with Gasteiger partial charge in [0, 0.05) is 29.2 Å². The summed E-state index contributed by atoms with van der Waals surface area (Å²) in [5, 5.41) is 3.29. The molecule has 1 aliphatic heterocycles. The van der Waals surface area contributed by atoms with Crippen LogP contribution in [0, 0.1) is 4.77 Å². The van der Waals surface area contributed by atoms with Crippen molar-refractivity contribution >= 4 is 29.6 Å². The van der Waals surface area contributed by atoms with Gasteiger partial charge in [-0.15, -0.1) is 0 Å². The number of hydrogen-bond donors (Lipinski definition) is 3. The summed E-state index contributed by atoms with van der Waals surface area (Å²) in [6.07, 6.45) is 2.21. The second kappa shape index (κ2) is 6.00. The smallest absolute Gasteiger partial charge is 0.200 e. The van der Waals surface area contributed by atoms with Crippen molar-refractivity contribution in [1.29, 1.82) is 0 Å². The van der Waals surface area contributed by atoms with E-state index in [1.807, 2.05) is 24.3 Å². The molecule has 4 rings (SSSR count). The first kappa shape index (κ1) is 15.8. The van der Waals surface area contributed by atoms with Crippen molar-refractivity contribution in [2.24, 2.45) is 0 Å². The largest absolute Gasteiger partial charge is 0.497 e. The van der Waals surface area contributed by atoms with E-state index in [4.69, 9.17) is 22.7 Å². The summed E-state index contributed by atoms with van der Waals surface area (Å²) in [5.74, 6) is 1.73. The van der Waals surface area contributed by atoms with Gasteiger partial charge in [-0.2, -0.15) is 0 Å². The number of carbonyl (C=O) groups excluding carboxylic acids is 1. The van der Waals surface area contributed by atoms with Crippen LogP contribution in [0.25, 0.3) is 0 Å². The average molecular weight is 354 g/mol. The van der Waals surface area contributed by atoms with Crippen molar-refractivity contribution in [3.05, 3.63) is 51.4 Å². The summed E-state index contributed by atoms with van der Waals surface area (Å²) < 4.78 is 5.57. The number of anilines is 2. The zero-order valence-electron chi connectivity index (χ0n) is 13.8. The number of Topliss-reactive ketones (excluding diaryl/α,β-unsaturated/α-hetero) is 1. The standard InChI is InChI=1S/C18H18N4O2S/c1-24-10-7-5-9(6-8-10)13-14-11(3-2-4-12(14)23)20-17-15(13)16(19)21-18(25)22-17/h5-8,13H,2-4H2,1H3,(H4,19,20,21,22,25)/t13-/m1/s1. The quantitative estimate of drug-likeness (QED) is 0.717.